The lowest BCUT2D eigenvalue weighted by Gasteiger charge is -2.15. The standard InChI is InChI=1S/C16H32N4/c1-4-17-16(18-9-7-13(2)3)19-11-14-8-10-20(12-14)15-5-6-15/h13-15H,4-12H2,1-3H3,(H2,17,18,19). The number of likely N-dealkylation sites (tertiary alicyclic amines) is 1. The van der Waals surface area contributed by atoms with Gasteiger partial charge in [0.2, 0.25) is 0 Å². The third kappa shape index (κ3) is 5.31. The highest BCUT2D eigenvalue weighted by Crippen LogP contribution is 2.31. The van der Waals surface area contributed by atoms with E-state index in [1.54, 1.807) is 0 Å². The van der Waals surface area contributed by atoms with Gasteiger partial charge in [-0.05, 0) is 51.0 Å². The van der Waals surface area contributed by atoms with Gasteiger partial charge in [0, 0.05) is 32.2 Å². The van der Waals surface area contributed by atoms with Crippen LogP contribution in [0.5, 0.6) is 0 Å². The van der Waals surface area contributed by atoms with Crippen molar-refractivity contribution in [1.82, 2.24) is 15.5 Å². The summed E-state index contributed by atoms with van der Waals surface area (Å²) in [6.07, 6.45) is 5.37. The molecule has 1 aliphatic heterocycles. The number of rotatable bonds is 7. The monoisotopic (exact) mass is 280 g/mol. The molecule has 2 aliphatic rings. The van der Waals surface area contributed by atoms with Gasteiger partial charge in [0.25, 0.3) is 0 Å². The van der Waals surface area contributed by atoms with Gasteiger partial charge in [-0.15, -0.1) is 0 Å². The third-order valence-corrected chi connectivity index (χ3v) is 4.25. The maximum Gasteiger partial charge on any atom is 0.191 e. The van der Waals surface area contributed by atoms with Crippen LogP contribution in [-0.2, 0) is 0 Å². The fourth-order valence-corrected chi connectivity index (χ4v) is 2.82. The normalized spacial score (nSPS) is 24.4. The highest BCUT2D eigenvalue weighted by molar-refractivity contribution is 5.79. The van der Waals surface area contributed by atoms with Gasteiger partial charge in [0.1, 0.15) is 0 Å². The molecular weight excluding hydrogens is 248 g/mol. The summed E-state index contributed by atoms with van der Waals surface area (Å²) in [4.78, 5) is 7.44. The average Bonchev–Trinajstić information content (AvgIpc) is 3.15. The van der Waals surface area contributed by atoms with E-state index in [4.69, 9.17) is 4.99 Å². The van der Waals surface area contributed by atoms with E-state index in [0.29, 0.717) is 0 Å². The molecule has 1 aliphatic carbocycles. The van der Waals surface area contributed by atoms with E-state index in [9.17, 15) is 0 Å². The van der Waals surface area contributed by atoms with Crippen LogP contribution in [0.4, 0.5) is 0 Å². The fourth-order valence-electron chi connectivity index (χ4n) is 2.82. The number of hydrogen-bond donors (Lipinski definition) is 2. The number of aliphatic imine (C=N–C) groups is 1. The largest absolute Gasteiger partial charge is 0.357 e. The predicted octanol–water partition coefficient (Wildman–Crippen LogP) is 2.07. The van der Waals surface area contributed by atoms with Gasteiger partial charge in [0.15, 0.2) is 5.96 Å². The van der Waals surface area contributed by atoms with E-state index in [1.165, 1.54) is 38.8 Å². The van der Waals surface area contributed by atoms with Crippen LogP contribution in [0.3, 0.4) is 0 Å². The molecule has 1 atom stereocenters. The molecule has 1 heterocycles. The van der Waals surface area contributed by atoms with Crippen molar-refractivity contribution >= 4 is 5.96 Å². The second kappa shape index (κ2) is 7.87. The maximum absolute atomic E-state index is 4.77. The Morgan fingerprint density at radius 1 is 1.25 bits per heavy atom. The fraction of sp³-hybridized carbons (Fsp3) is 0.938. The first-order valence-corrected chi connectivity index (χ1v) is 8.45. The van der Waals surface area contributed by atoms with Crippen LogP contribution in [0.1, 0.15) is 46.5 Å². The number of nitrogens with zero attached hydrogens (tertiary/aromatic N) is 2. The van der Waals surface area contributed by atoms with Crippen LogP contribution >= 0.6 is 0 Å². The molecule has 0 radical (unpaired) electrons. The molecule has 0 spiro atoms. The van der Waals surface area contributed by atoms with Gasteiger partial charge in [-0.2, -0.15) is 0 Å². The second-order valence-corrected chi connectivity index (χ2v) is 6.71. The van der Waals surface area contributed by atoms with Gasteiger partial charge in [0.05, 0.1) is 0 Å². The zero-order valence-corrected chi connectivity index (χ0v) is 13.5. The summed E-state index contributed by atoms with van der Waals surface area (Å²) in [5, 5.41) is 6.80. The molecule has 0 aromatic rings. The lowest BCUT2D eigenvalue weighted by molar-refractivity contribution is 0.315. The van der Waals surface area contributed by atoms with E-state index < -0.39 is 0 Å². The molecule has 2 fully saturated rings. The van der Waals surface area contributed by atoms with Gasteiger partial charge in [-0.1, -0.05) is 13.8 Å². The molecule has 1 saturated heterocycles. The van der Waals surface area contributed by atoms with Gasteiger partial charge in [-0.3, -0.25) is 4.99 Å². The van der Waals surface area contributed by atoms with Crippen molar-refractivity contribution in [2.24, 2.45) is 16.8 Å². The molecular formula is C16H32N4. The Hall–Kier alpha value is -0.770. The first-order valence-electron chi connectivity index (χ1n) is 8.45. The highest BCUT2D eigenvalue weighted by Gasteiger charge is 2.34. The van der Waals surface area contributed by atoms with E-state index in [2.05, 4.69) is 36.3 Å². The summed E-state index contributed by atoms with van der Waals surface area (Å²) in [7, 11) is 0. The Morgan fingerprint density at radius 3 is 2.70 bits per heavy atom. The van der Waals surface area contributed by atoms with Crippen molar-refractivity contribution in [2.75, 3.05) is 32.7 Å². The number of hydrogen-bond acceptors (Lipinski definition) is 2. The van der Waals surface area contributed by atoms with Crippen LogP contribution in [0.2, 0.25) is 0 Å². The maximum atomic E-state index is 4.77. The zero-order valence-electron chi connectivity index (χ0n) is 13.5. The van der Waals surface area contributed by atoms with Crippen LogP contribution < -0.4 is 10.6 Å². The summed E-state index contributed by atoms with van der Waals surface area (Å²) in [5.41, 5.74) is 0. The quantitative estimate of drug-likeness (QED) is 0.554. The molecule has 20 heavy (non-hydrogen) atoms. The highest BCUT2D eigenvalue weighted by atomic mass is 15.2. The molecule has 1 saturated carbocycles. The first kappa shape index (κ1) is 15.6. The van der Waals surface area contributed by atoms with Gasteiger partial charge < -0.3 is 15.5 Å². The molecule has 0 amide bonds. The van der Waals surface area contributed by atoms with Gasteiger partial charge in [-0.25, -0.2) is 0 Å². The van der Waals surface area contributed by atoms with Crippen molar-refractivity contribution in [3.63, 3.8) is 0 Å². The Kier molecular flexibility index (Phi) is 6.14. The minimum atomic E-state index is 0.743. The van der Waals surface area contributed by atoms with Crippen LogP contribution in [0, 0.1) is 11.8 Å². The van der Waals surface area contributed by atoms with Crippen molar-refractivity contribution < 1.29 is 0 Å². The molecule has 2 rings (SSSR count). The van der Waals surface area contributed by atoms with Crippen LogP contribution in [-0.4, -0.2) is 49.6 Å². The molecule has 0 aromatic carbocycles. The molecule has 2 N–H and O–H groups in total. The Bertz CT molecular complexity index is 310. The molecule has 4 nitrogen and oxygen atoms in total. The molecule has 0 bridgehead atoms. The second-order valence-electron chi connectivity index (χ2n) is 6.71. The molecule has 116 valence electrons. The number of nitrogens with one attached hydrogen (secondary N) is 2. The minimum absolute atomic E-state index is 0.743. The lowest BCUT2D eigenvalue weighted by atomic mass is 10.1. The van der Waals surface area contributed by atoms with E-state index in [0.717, 1.165) is 43.5 Å². The molecule has 0 aromatic heterocycles. The molecule has 1 unspecified atom stereocenters. The first-order chi connectivity index (χ1) is 9.69. The Labute approximate surface area is 124 Å². The Balaban J connectivity index is 1.70. The molecule has 4 heteroatoms. The van der Waals surface area contributed by atoms with Crippen LogP contribution in [0.15, 0.2) is 4.99 Å². The smallest absolute Gasteiger partial charge is 0.191 e. The summed E-state index contributed by atoms with van der Waals surface area (Å²) < 4.78 is 0. The summed E-state index contributed by atoms with van der Waals surface area (Å²) in [6.45, 7) is 12.1. The topological polar surface area (TPSA) is 39.7 Å². The van der Waals surface area contributed by atoms with E-state index in [-0.39, 0.29) is 0 Å². The van der Waals surface area contributed by atoms with Crippen molar-refractivity contribution in [1.29, 1.82) is 0 Å². The number of guanidine groups is 1. The predicted molar refractivity (Wildman–Crippen MR) is 86.1 cm³/mol. The summed E-state index contributed by atoms with van der Waals surface area (Å²) in [6, 6.07) is 0.918. The van der Waals surface area contributed by atoms with E-state index in [1.807, 2.05) is 0 Å². The average molecular weight is 280 g/mol. The zero-order chi connectivity index (χ0) is 14.4. The van der Waals surface area contributed by atoms with Crippen molar-refractivity contribution in [3.05, 3.63) is 0 Å². The summed E-state index contributed by atoms with van der Waals surface area (Å²) >= 11 is 0. The third-order valence-electron chi connectivity index (χ3n) is 4.25. The van der Waals surface area contributed by atoms with Crippen molar-refractivity contribution in [3.8, 4) is 0 Å². The summed E-state index contributed by atoms with van der Waals surface area (Å²) in [5.74, 6) is 2.50. The van der Waals surface area contributed by atoms with Crippen LogP contribution in [0.25, 0.3) is 0 Å². The SMILES string of the molecule is CCNC(=NCC1CCN(C2CC2)C1)NCCC(C)C. The Morgan fingerprint density at radius 2 is 2.05 bits per heavy atom. The van der Waals surface area contributed by atoms with Crippen molar-refractivity contribution in [2.45, 2.75) is 52.5 Å². The van der Waals surface area contributed by atoms with Gasteiger partial charge >= 0.3 is 0 Å². The van der Waals surface area contributed by atoms with E-state index >= 15 is 0 Å². The lowest BCUT2D eigenvalue weighted by Crippen LogP contribution is -2.38. The minimum Gasteiger partial charge on any atom is -0.357 e.